The number of hydrogen-bond acceptors (Lipinski definition) is 3. The van der Waals surface area contributed by atoms with Gasteiger partial charge in [0.15, 0.2) is 0 Å². The molecule has 18 heavy (non-hydrogen) atoms. The first-order chi connectivity index (χ1) is 8.54. The molecule has 1 aliphatic heterocycles. The number of nitriles is 1. The molecule has 1 saturated heterocycles. The molecular weight excluding hydrogens is 228 g/mol. The summed E-state index contributed by atoms with van der Waals surface area (Å²) in [6.07, 6.45) is 0.885. The minimum atomic E-state index is -0.776. The Hall–Kier alpha value is -2.02. The Labute approximate surface area is 106 Å². The number of aliphatic carboxylic acids is 1. The first-order valence-electron chi connectivity index (χ1n) is 6.05. The second kappa shape index (κ2) is 4.69. The molecule has 4 heteroatoms. The molecule has 1 fully saturated rings. The molecule has 0 aliphatic carbocycles. The third-order valence-electron chi connectivity index (χ3n) is 3.62. The van der Waals surface area contributed by atoms with Gasteiger partial charge in [-0.3, -0.25) is 0 Å². The van der Waals surface area contributed by atoms with E-state index in [-0.39, 0.29) is 5.92 Å². The molecule has 0 bridgehead atoms. The minimum Gasteiger partial charge on any atom is -0.480 e. The van der Waals surface area contributed by atoms with Crippen molar-refractivity contribution in [2.45, 2.75) is 26.3 Å². The maximum absolute atomic E-state index is 11.3. The maximum atomic E-state index is 11.3. The summed E-state index contributed by atoms with van der Waals surface area (Å²) in [7, 11) is 0. The number of nitrogens with zero attached hydrogens (tertiary/aromatic N) is 2. The summed E-state index contributed by atoms with van der Waals surface area (Å²) in [6, 6.07) is 7.14. The van der Waals surface area contributed by atoms with Crippen LogP contribution in [0.4, 0.5) is 5.69 Å². The van der Waals surface area contributed by atoms with Gasteiger partial charge in [-0.2, -0.15) is 5.26 Å². The van der Waals surface area contributed by atoms with Crippen molar-refractivity contribution in [2.75, 3.05) is 11.4 Å². The summed E-state index contributed by atoms with van der Waals surface area (Å²) in [4.78, 5) is 13.2. The quantitative estimate of drug-likeness (QED) is 0.865. The van der Waals surface area contributed by atoms with E-state index in [1.165, 1.54) is 0 Å². The number of hydrogen-bond donors (Lipinski definition) is 1. The van der Waals surface area contributed by atoms with Crippen molar-refractivity contribution >= 4 is 11.7 Å². The first kappa shape index (κ1) is 12.4. The minimum absolute atomic E-state index is 0.151. The van der Waals surface area contributed by atoms with Crippen molar-refractivity contribution in [3.8, 4) is 6.07 Å². The van der Waals surface area contributed by atoms with Crippen LogP contribution in [0.2, 0.25) is 0 Å². The van der Waals surface area contributed by atoms with Crippen LogP contribution >= 0.6 is 0 Å². The van der Waals surface area contributed by atoms with Gasteiger partial charge in [0.25, 0.3) is 0 Å². The zero-order valence-electron chi connectivity index (χ0n) is 10.6. The van der Waals surface area contributed by atoms with Gasteiger partial charge in [0.1, 0.15) is 6.04 Å². The summed E-state index contributed by atoms with van der Waals surface area (Å²) >= 11 is 0. The molecule has 1 aromatic rings. The lowest BCUT2D eigenvalue weighted by Crippen LogP contribution is -2.39. The van der Waals surface area contributed by atoms with E-state index in [0.29, 0.717) is 5.56 Å². The molecule has 4 nitrogen and oxygen atoms in total. The number of benzene rings is 1. The molecule has 1 heterocycles. The second-order valence-electron chi connectivity index (χ2n) is 4.85. The third kappa shape index (κ3) is 2.04. The lowest BCUT2D eigenvalue weighted by molar-refractivity contribution is -0.139. The van der Waals surface area contributed by atoms with Gasteiger partial charge in [-0.1, -0.05) is 6.92 Å². The van der Waals surface area contributed by atoms with Crippen molar-refractivity contribution in [1.82, 2.24) is 0 Å². The van der Waals surface area contributed by atoms with Crippen LogP contribution in [0.5, 0.6) is 0 Å². The van der Waals surface area contributed by atoms with Crippen LogP contribution in [0.3, 0.4) is 0 Å². The Morgan fingerprint density at radius 3 is 2.83 bits per heavy atom. The van der Waals surface area contributed by atoms with Gasteiger partial charge in [0, 0.05) is 12.2 Å². The van der Waals surface area contributed by atoms with E-state index in [1.54, 1.807) is 6.07 Å². The van der Waals surface area contributed by atoms with E-state index in [9.17, 15) is 9.90 Å². The van der Waals surface area contributed by atoms with Crippen molar-refractivity contribution in [3.63, 3.8) is 0 Å². The van der Waals surface area contributed by atoms with Gasteiger partial charge < -0.3 is 10.0 Å². The number of rotatable bonds is 2. The zero-order chi connectivity index (χ0) is 13.3. The number of carboxylic acids is 1. The lowest BCUT2D eigenvalue weighted by Gasteiger charge is -2.25. The SMILES string of the molecule is Cc1cc(N2CCC(C)C2C(=O)O)ccc1C#N. The van der Waals surface area contributed by atoms with Gasteiger partial charge in [0.2, 0.25) is 0 Å². The largest absolute Gasteiger partial charge is 0.480 e. The third-order valence-corrected chi connectivity index (χ3v) is 3.62. The molecular formula is C14H16N2O2. The average molecular weight is 244 g/mol. The van der Waals surface area contributed by atoms with Gasteiger partial charge in [-0.05, 0) is 43.0 Å². The Balaban J connectivity index is 2.35. The first-order valence-corrected chi connectivity index (χ1v) is 6.05. The number of anilines is 1. The fourth-order valence-electron chi connectivity index (χ4n) is 2.57. The Morgan fingerprint density at radius 2 is 2.28 bits per heavy atom. The lowest BCUT2D eigenvalue weighted by atomic mass is 10.0. The Morgan fingerprint density at radius 1 is 1.56 bits per heavy atom. The number of carbonyl (C=O) groups is 1. The van der Waals surface area contributed by atoms with Crippen molar-refractivity contribution in [1.29, 1.82) is 5.26 Å². The standard InChI is InChI=1S/C14H16N2O2/c1-9-5-6-16(13(9)14(17)18)12-4-3-11(8-15)10(2)7-12/h3-4,7,9,13H,5-6H2,1-2H3,(H,17,18). The molecule has 0 aromatic heterocycles. The molecule has 2 rings (SSSR count). The highest BCUT2D eigenvalue weighted by atomic mass is 16.4. The molecule has 2 atom stereocenters. The van der Waals surface area contributed by atoms with Crippen molar-refractivity contribution in [2.24, 2.45) is 5.92 Å². The van der Waals surface area contributed by atoms with Crippen LogP contribution in [0, 0.1) is 24.2 Å². The monoisotopic (exact) mass is 244 g/mol. The molecule has 94 valence electrons. The van der Waals surface area contributed by atoms with Crippen LogP contribution < -0.4 is 4.90 Å². The predicted octanol–water partition coefficient (Wildman–Crippen LogP) is 2.17. The van der Waals surface area contributed by atoms with E-state index in [0.717, 1.165) is 24.2 Å². The summed E-state index contributed by atoms with van der Waals surface area (Å²) in [6.45, 7) is 4.59. The summed E-state index contributed by atoms with van der Waals surface area (Å²) in [5.74, 6) is -0.625. The average Bonchev–Trinajstić information content (AvgIpc) is 2.71. The van der Waals surface area contributed by atoms with E-state index in [1.807, 2.05) is 30.9 Å². The highest BCUT2D eigenvalue weighted by molar-refractivity contribution is 5.79. The van der Waals surface area contributed by atoms with E-state index in [2.05, 4.69) is 6.07 Å². The fourth-order valence-corrected chi connectivity index (χ4v) is 2.57. The summed E-state index contributed by atoms with van der Waals surface area (Å²) in [5.41, 5.74) is 2.42. The van der Waals surface area contributed by atoms with Crippen LogP contribution in [0.15, 0.2) is 18.2 Å². The maximum Gasteiger partial charge on any atom is 0.326 e. The molecule has 2 unspecified atom stereocenters. The summed E-state index contributed by atoms with van der Waals surface area (Å²) < 4.78 is 0. The van der Waals surface area contributed by atoms with Gasteiger partial charge in [0.05, 0.1) is 11.6 Å². The highest BCUT2D eigenvalue weighted by Gasteiger charge is 2.36. The van der Waals surface area contributed by atoms with Crippen molar-refractivity contribution in [3.05, 3.63) is 29.3 Å². The molecule has 0 amide bonds. The van der Waals surface area contributed by atoms with E-state index >= 15 is 0 Å². The number of aryl methyl sites for hydroxylation is 1. The molecule has 0 spiro atoms. The van der Waals surface area contributed by atoms with Crippen LogP contribution in [0.25, 0.3) is 0 Å². The molecule has 0 radical (unpaired) electrons. The van der Waals surface area contributed by atoms with Gasteiger partial charge in [-0.25, -0.2) is 4.79 Å². The topological polar surface area (TPSA) is 64.3 Å². The molecule has 1 aromatic carbocycles. The fraction of sp³-hybridized carbons (Fsp3) is 0.429. The van der Waals surface area contributed by atoms with Gasteiger partial charge in [-0.15, -0.1) is 0 Å². The normalized spacial score (nSPS) is 22.8. The van der Waals surface area contributed by atoms with E-state index in [4.69, 9.17) is 5.26 Å². The Bertz CT molecular complexity index is 519. The van der Waals surface area contributed by atoms with Gasteiger partial charge >= 0.3 is 5.97 Å². The Kier molecular flexibility index (Phi) is 3.24. The van der Waals surface area contributed by atoms with Crippen LogP contribution in [0.1, 0.15) is 24.5 Å². The second-order valence-corrected chi connectivity index (χ2v) is 4.85. The van der Waals surface area contributed by atoms with E-state index < -0.39 is 12.0 Å². The smallest absolute Gasteiger partial charge is 0.326 e. The summed E-state index contributed by atoms with van der Waals surface area (Å²) in [5, 5.41) is 18.2. The molecule has 0 saturated carbocycles. The van der Waals surface area contributed by atoms with Crippen molar-refractivity contribution < 1.29 is 9.90 Å². The number of carboxylic acid groups (broad SMARTS) is 1. The molecule has 1 aliphatic rings. The zero-order valence-corrected chi connectivity index (χ0v) is 10.6. The predicted molar refractivity (Wildman–Crippen MR) is 68.4 cm³/mol. The highest BCUT2D eigenvalue weighted by Crippen LogP contribution is 2.30. The van der Waals surface area contributed by atoms with Crippen LogP contribution in [-0.2, 0) is 4.79 Å². The van der Waals surface area contributed by atoms with Crippen LogP contribution in [-0.4, -0.2) is 23.7 Å². The molecule has 1 N–H and O–H groups in total.